The smallest absolute Gasteiger partial charge is 0.253 e. The molecule has 1 aliphatic heterocycles. The second kappa shape index (κ2) is 10.3. The summed E-state index contributed by atoms with van der Waals surface area (Å²) in [7, 11) is 1.50. The zero-order chi connectivity index (χ0) is 20.5. The highest BCUT2D eigenvalue weighted by molar-refractivity contribution is 5.96. The van der Waals surface area contributed by atoms with Crippen LogP contribution >= 0.6 is 0 Å². The molecule has 0 radical (unpaired) electrons. The molecule has 2 amide bonds. The Kier molecular flexibility index (Phi) is 7.83. The minimum absolute atomic E-state index is 0.181. The Morgan fingerprint density at radius 2 is 1.93 bits per heavy atom. The highest BCUT2D eigenvalue weighted by Crippen LogP contribution is 2.22. The van der Waals surface area contributed by atoms with E-state index in [4.69, 9.17) is 5.41 Å². The van der Waals surface area contributed by atoms with E-state index in [0.717, 1.165) is 29.8 Å². The summed E-state index contributed by atoms with van der Waals surface area (Å²) < 4.78 is 0. The molecule has 0 saturated carbocycles. The zero-order valence-electron chi connectivity index (χ0n) is 16.4. The van der Waals surface area contributed by atoms with Gasteiger partial charge in [0.25, 0.3) is 5.91 Å². The normalized spacial score (nSPS) is 13.0. The number of amides is 2. The van der Waals surface area contributed by atoms with Gasteiger partial charge >= 0.3 is 0 Å². The number of benzene rings is 1. The SMILES string of the molecule is CC(=N)CNC(=O)c1cncc(Cc2ccc(N3CCCC3=O)cc2)c1.CN. The third-order valence-electron chi connectivity index (χ3n) is 4.30. The third-order valence-corrected chi connectivity index (χ3v) is 4.30. The lowest BCUT2D eigenvalue weighted by molar-refractivity contribution is -0.117. The molecule has 3 rings (SSSR count). The Bertz CT molecular complexity index is 833. The van der Waals surface area contributed by atoms with Crippen LogP contribution in [0.15, 0.2) is 42.7 Å². The Hall–Kier alpha value is -3.06. The number of nitrogens with one attached hydrogen (secondary N) is 2. The number of nitrogens with two attached hydrogens (primary N) is 1. The minimum Gasteiger partial charge on any atom is -0.347 e. The van der Waals surface area contributed by atoms with Crippen molar-refractivity contribution in [1.29, 1.82) is 5.41 Å². The van der Waals surface area contributed by atoms with E-state index in [-0.39, 0.29) is 18.4 Å². The van der Waals surface area contributed by atoms with Crippen LogP contribution in [-0.4, -0.2) is 42.6 Å². The van der Waals surface area contributed by atoms with E-state index in [1.807, 2.05) is 35.2 Å². The molecule has 7 heteroatoms. The average Bonchev–Trinajstić information content (AvgIpc) is 3.14. The van der Waals surface area contributed by atoms with E-state index in [9.17, 15) is 9.59 Å². The van der Waals surface area contributed by atoms with Gasteiger partial charge in [-0.2, -0.15) is 0 Å². The maximum atomic E-state index is 12.1. The van der Waals surface area contributed by atoms with Crippen LogP contribution in [-0.2, 0) is 11.2 Å². The molecule has 1 aromatic carbocycles. The maximum absolute atomic E-state index is 12.1. The predicted molar refractivity (Wildman–Crippen MR) is 111 cm³/mol. The van der Waals surface area contributed by atoms with Crippen molar-refractivity contribution >= 4 is 23.2 Å². The van der Waals surface area contributed by atoms with Gasteiger partial charge in [0.1, 0.15) is 0 Å². The number of nitrogens with zero attached hydrogens (tertiary/aromatic N) is 2. The van der Waals surface area contributed by atoms with Crippen LogP contribution in [0, 0.1) is 5.41 Å². The summed E-state index contributed by atoms with van der Waals surface area (Å²) in [6.07, 6.45) is 5.47. The zero-order valence-corrected chi connectivity index (χ0v) is 16.4. The van der Waals surface area contributed by atoms with Gasteiger partial charge < -0.3 is 21.4 Å². The van der Waals surface area contributed by atoms with Gasteiger partial charge in [0.05, 0.1) is 12.1 Å². The van der Waals surface area contributed by atoms with E-state index in [0.29, 0.717) is 24.1 Å². The van der Waals surface area contributed by atoms with Gasteiger partial charge in [-0.3, -0.25) is 14.6 Å². The van der Waals surface area contributed by atoms with E-state index in [2.05, 4.69) is 16.0 Å². The number of hydrogen-bond donors (Lipinski definition) is 3. The second-order valence-corrected chi connectivity index (χ2v) is 6.54. The van der Waals surface area contributed by atoms with Crippen molar-refractivity contribution in [1.82, 2.24) is 10.3 Å². The molecule has 1 fully saturated rings. The predicted octanol–water partition coefficient (Wildman–Crippen LogP) is 2.14. The quantitative estimate of drug-likeness (QED) is 0.666. The number of anilines is 1. The van der Waals surface area contributed by atoms with Gasteiger partial charge in [-0.15, -0.1) is 0 Å². The number of pyridine rings is 1. The number of hydrogen-bond acceptors (Lipinski definition) is 5. The first kappa shape index (κ1) is 21.2. The van der Waals surface area contributed by atoms with Gasteiger partial charge in [-0.05, 0) is 56.1 Å². The van der Waals surface area contributed by atoms with Crippen molar-refractivity contribution in [3.8, 4) is 0 Å². The van der Waals surface area contributed by atoms with E-state index in [1.54, 1.807) is 13.1 Å². The highest BCUT2D eigenvalue weighted by Gasteiger charge is 2.21. The summed E-state index contributed by atoms with van der Waals surface area (Å²) in [6.45, 7) is 2.67. The first-order valence-electron chi connectivity index (χ1n) is 9.26. The van der Waals surface area contributed by atoms with Crippen molar-refractivity contribution in [2.24, 2.45) is 5.73 Å². The van der Waals surface area contributed by atoms with Crippen LogP contribution in [0.4, 0.5) is 5.69 Å². The number of carbonyl (C=O) groups excluding carboxylic acids is 2. The molecule has 2 aromatic rings. The summed E-state index contributed by atoms with van der Waals surface area (Å²) in [6, 6.07) is 9.77. The Morgan fingerprint density at radius 3 is 2.54 bits per heavy atom. The van der Waals surface area contributed by atoms with Gasteiger partial charge in [0.15, 0.2) is 0 Å². The molecule has 7 nitrogen and oxygen atoms in total. The summed E-state index contributed by atoms with van der Waals surface area (Å²) in [5.74, 6) is -0.0466. The fourth-order valence-corrected chi connectivity index (χ4v) is 2.97. The van der Waals surface area contributed by atoms with Crippen molar-refractivity contribution in [2.45, 2.75) is 26.2 Å². The molecule has 1 aromatic heterocycles. The molecule has 2 heterocycles. The van der Waals surface area contributed by atoms with Crippen molar-refractivity contribution < 1.29 is 9.59 Å². The summed E-state index contributed by atoms with van der Waals surface area (Å²) in [5, 5.41) is 10.1. The lowest BCUT2D eigenvalue weighted by Gasteiger charge is -2.16. The molecule has 1 saturated heterocycles. The Balaban J connectivity index is 0.00000136. The molecule has 28 heavy (non-hydrogen) atoms. The van der Waals surface area contributed by atoms with Crippen molar-refractivity contribution in [2.75, 3.05) is 25.0 Å². The molecule has 0 bridgehead atoms. The van der Waals surface area contributed by atoms with E-state index < -0.39 is 0 Å². The second-order valence-electron chi connectivity index (χ2n) is 6.54. The Labute approximate surface area is 165 Å². The van der Waals surface area contributed by atoms with Gasteiger partial charge in [0, 0.05) is 36.8 Å². The van der Waals surface area contributed by atoms with Crippen LogP contribution in [0.25, 0.3) is 0 Å². The third kappa shape index (κ3) is 5.72. The first-order chi connectivity index (χ1) is 13.5. The van der Waals surface area contributed by atoms with Crippen LogP contribution < -0.4 is 16.0 Å². The van der Waals surface area contributed by atoms with E-state index >= 15 is 0 Å². The standard InChI is InChI=1S/C20H22N4O2.CH5N/c1-14(21)11-23-20(26)17-10-16(12-22-13-17)9-15-4-6-18(7-5-15)24-8-2-3-19(24)25;1-2/h4-7,10,12-13,21H,2-3,8-9,11H2,1H3,(H,23,26);2H2,1H3. The number of rotatable bonds is 6. The van der Waals surface area contributed by atoms with Gasteiger partial charge in [0.2, 0.25) is 5.91 Å². The van der Waals surface area contributed by atoms with Gasteiger partial charge in [-0.25, -0.2) is 0 Å². The molecule has 1 aliphatic rings. The monoisotopic (exact) mass is 381 g/mol. The highest BCUT2D eigenvalue weighted by atomic mass is 16.2. The summed E-state index contributed by atoms with van der Waals surface area (Å²) in [4.78, 5) is 29.9. The summed E-state index contributed by atoms with van der Waals surface area (Å²) >= 11 is 0. The maximum Gasteiger partial charge on any atom is 0.253 e. The lowest BCUT2D eigenvalue weighted by atomic mass is 10.0. The molecular formula is C21H27N5O2. The van der Waals surface area contributed by atoms with Crippen LogP contribution in [0.5, 0.6) is 0 Å². The minimum atomic E-state index is -0.228. The molecule has 0 spiro atoms. The van der Waals surface area contributed by atoms with Crippen molar-refractivity contribution in [3.05, 3.63) is 59.4 Å². The van der Waals surface area contributed by atoms with Crippen LogP contribution in [0.2, 0.25) is 0 Å². The number of carbonyl (C=O) groups is 2. The number of aromatic nitrogens is 1. The molecule has 0 atom stereocenters. The average molecular weight is 381 g/mol. The molecule has 0 aliphatic carbocycles. The molecular weight excluding hydrogens is 354 g/mol. The fraction of sp³-hybridized carbons (Fsp3) is 0.333. The topological polar surface area (TPSA) is 112 Å². The van der Waals surface area contributed by atoms with Crippen LogP contribution in [0.1, 0.15) is 41.3 Å². The van der Waals surface area contributed by atoms with Crippen molar-refractivity contribution in [3.63, 3.8) is 0 Å². The fourth-order valence-electron chi connectivity index (χ4n) is 2.97. The molecule has 4 N–H and O–H groups in total. The molecule has 0 unspecified atom stereocenters. The lowest BCUT2D eigenvalue weighted by Crippen LogP contribution is -2.28. The first-order valence-corrected chi connectivity index (χ1v) is 9.26. The molecule has 148 valence electrons. The largest absolute Gasteiger partial charge is 0.347 e. The summed E-state index contributed by atoms with van der Waals surface area (Å²) in [5.41, 5.74) is 8.36. The van der Waals surface area contributed by atoms with Gasteiger partial charge in [-0.1, -0.05) is 12.1 Å². The Morgan fingerprint density at radius 1 is 1.21 bits per heavy atom. The van der Waals surface area contributed by atoms with Crippen LogP contribution in [0.3, 0.4) is 0 Å². The van der Waals surface area contributed by atoms with E-state index in [1.165, 1.54) is 13.2 Å².